The Morgan fingerprint density at radius 3 is 2.09 bits per heavy atom. The number of nitrogens with one attached hydrogen (secondary N) is 3. The van der Waals surface area contributed by atoms with Gasteiger partial charge >= 0.3 is 5.97 Å². The number of aliphatic imine (C=N–C) groups is 1. The van der Waals surface area contributed by atoms with Gasteiger partial charge in [0.1, 0.15) is 18.1 Å². The van der Waals surface area contributed by atoms with Crippen LogP contribution in [-0.4, -0.2) is 77.8 Å². The van der Waals surface area contributed by atoms with Gasteiger partial charge in [0.05, 0.1) is 6.04 Å². The first-order valence-electron chi connectivity index (χ1n) is 10.3. The second-order valence-electron chi connectivity index (χ2n) is 7.21. The lowest BCUT2D eigenvalue weighted by Gasteiger charge is -2.22. The Bertz CT molecular complexity index is 659. The van der Waals surface area contributed by atoms with Crippen LogP contribution >= 0.6 is 12.6 Å². The number of nitrogens with two attached hydrogens (primary N) is 4. The summed E-state index contributed by atoms with van der Waals surface area (Å²) in [7, 11) is 0. The Balaban J connectivity index is 4.69. The molecule has 0 bridgehead atoms. The fourth-order valence-corrected chi connectivity index (χ4v) is 2.81. The minimum absolute atomic E-state index is 0.0382. The zero-order valence-corrected chi connectivity index (χ0v) is 19.1. The molecule has 184 valence electrons. The summed E-state index contributed by atoms with van der Waals surface area (Å²) in [5.74, 6) is -3.16. The van der Waals surface area contributed by atoms with E-state index in [4.69, 9.17) is 22.9 Å². The first-order valence-corrected chi connectivity index (χ1v) is 10.9. The Kier molecular flexibility index (Phi) is 14.8. The van der Waals surface area contributed by atoms with E-state index in [0.29, 0.717) is 38.8 Å². The van der Waals surface area contributed by atoms with Gasteiger partial charge in [-0.3, -0.25) is 19.4 Å². The van der Waals surface area contributed by atoms with Crippen LogP contribution in [0.25, 0.3) is 0 Å². The summed E-state index contributed by atoms with van der Waals surface area (Å²) in [6.07, 6.45) is 2.15. The van der Waals surface area contributed by atoms with Crippen LogP contribution in [-0.2, 0) is 19.2 Å². The van der Waals surface area contributed by atoms with Gasteiger partial charge in [0.15, 0.2) is 5.96 Å². The molecule has 12 N–H and O–H groups in total. The van der Waals surface area contributed by atoms with E-state index in [1.165, 1.54) is 6.92 Å². The van der Waals surface area contributed by atoms with Crippen LogP contribution in [0.5, 0.6) is 0 Å². The van der Waals surface area contributed by atoms with Gasteiger partial charge in [-0.2, -0.15) is 12.6 Å². The molecule has 0 aromatic heterocycles. The molecule has 3 amide bonds. The van der Waals surface area contributed by atoms with Gasteiger partial charge in [0.2, 0.25) is 17.7 Å². The molecule has 0 fully saturated rings. The number of unbranched alkanes of at least 4 members (excludes halogenated alkanes) is 1. The first kappa shape index (κ1) is 29.4. The summed E-state index contributed by atoms with van der Waals surface area (Å²) in [5.41, 5.74) is 21.6. The van der Waals surface area contributed by atoms with Crippen molar-refractivity contribution in [1.29, 1.82) is 0 Å². The molecule has 4 atom stereocenters. The van der Waals surface area contributed by atoms with E-state index >= 15 is 0 Å². The van der Waals surface area contributed by atoms with Crippen molar-refractivity contribution in [3.8, 4) is 0 Å². The van der Waals surface area contributed by atoms with E-state index in [1.807, 2.05) is 0 Å². The molecule has 0 radical (unpaired) electrons. The molecule has 14 heteroatoms. The highest BCUT2D eigenvalue weighted by Crippen LogP contribution is 2.02. The van der Waals surface area contributed by atoms with Crippen molar-refractivity contribution in [2.45, 2.75) is 63.2 Å². The van der Waals surface area contributed by atoms with Gasteiger partial charge in [0.25, 0.3) is 0 Å². The van der Waals surface area contributed by atoms with Crippen molar-refractivity contribution < 1.29 is 24.3 Å². The molecule has 0 spiro atoms. The average Bonchev–Trinajstić information content (AvgIpc) is 2.73. The molecule has 0 saturated carbocycles. The lowest BCUT2D eigenvalue weighted by atomic mass is 10.1. The van der Waals surface area contributed by atoms with E-state index in [9.17, 15) is 24.3 Å². The fraction of sp³-hybridized carbons (Fsp3) is 0.722. The summed E-state index contributed by atoms with van der Waals surface area (Å²) in [6.45, 7) is 2.14. The lowest BCUT2D eigenvalue weighted by molar-refractivity contribution is -0.142. The minimum Gasteiger partial charge on any atom is -0.480 e. The number of nitrogens with zero attached hydrogens (tertiary/aromatic N) is 1. The molecule has 0 heterocycles. The molecule has 4 unspecified atom stereocenters. The van der Waals surface area contributed by atoms with E-state index < -0.39 is 47.9 Å². The molecule has 32 heavy (non-hydrogen) atoms. The zero-order valence-electron chi connectivity index (χ0n) is 18.3. The highest BCUT2D eigenvalue weighted by Gasteiger charge is 2.27. The molecular formula is C18H36N8O5S. The van der Waals surface area contributed by atoms with E-state index in [1.54, 1.807) is 0 Å². The van der Waals surface area contributed by atoms with Crippen molar-refractivity contribution in [1.82, 2.24) is 16.0 Å². The quantitative estimate of drug-likeness (QED) is 0.0476. The maximum absolute atomic E-state index is 12.4. The van der Waals surface area contributed by atoms with Crippen molar-refractivity contribution in [3.63, 3.8) is 0 Å². The molecule has 0 aliphatic heterocycles. The summed E-state index contributed by atoms with van der Waals surface area (Å²) in [4.78, 5) is 52.1. The largest absolute Gasteiger partial charge is 0.480 e. The topological polar surface area (TPSA) is 241 Å². The molecule has 0 aliphatic rings. The number of thiol groups is 1. The van der Waals surface area contributed by atoms with Crippen molar-refractivity contribution in [3.05, 3.63) is 0 Å². The van der Waals surface area contributed by atoms with Gasteiger partial charge in [-0.1, -0.05) is 0 Å². The summed E-state index contributed by atoms with van der Waals surface area (Å²) in [5, 5.41) is 16.5. The minimum atomic E-state index is -1.18. The maximum atomic E-state index is 12.4. The maximum Gasteiger partial charge on any atom is 0.326 e. The molecule has 0 aromatic carbocycles. The number of hydrogen-bond donors (Lipinski definition) is 9. The number of amides is 3. The summed E-state index contributed by atoms with van der Waals surface area (Å²) in [6, 6.07) is -4.05. The Labute approximate surface area is 192 Å². The van der Waals surface area contributed by atoms with Gasteiger partial charge in [-0.25, -0.2) is 4.79 Å². The monoisotopic (exact) mass is 476 g/mol. The lowest BCUT2D eigenvalue weighted by Crippen LogP contribution is -2.56. The van der Waals surface area contributed by atoms with Crippen LogP contribution in [0.3, 0.4) is 0 Å². The van der Waals surface area contributed by atoms with Crippen LogP contribution in [0.2, 0.25) is 0 Å². The standard InChI is InChI=1S/C18H36N8O5S/c1-10(14(27)25-12(17(30)31)6-2-3-7-19)24-16(29)13(9-32)26-15(28)11(20)5-4-8-23-18(21)22/h10-13,32H,2-9,19-20H2,1H3,(H,24,29)(H,25,27)(H,26,28)(H,30,31)(H4,21,22,23). The number of hydrogen-bond acceptors (Lipinski definition) is 8. The van der Waals surface area contributed by atoms with Crippen LogP contribution in [0, 0.1) is 0 Å². The number of carbonyl (C=O) groups excluding carboxylic acids is 3. The SMILES string of the molecule is CC(NC(=O)C(CS)NC(=O)C(N)CCCN=C(N)N)C(=O)NC(CCCCN)C(=O)O. The molecule has 13 nitrogen and oxygen atoms in total. The smallest absolute Gasteiger partial charge is 0.326 e. The van der Waals surface area contributed by atoms with Crippen molar-refractivity contribution in [2.24, 2.45) is 27.9 Å². The third kappa shape index (κ3) is 12.3. The number of carboxylic acid groups (broad SMARTS) is 1. The Morgan fingerprint density at radius 2 is 1.56 bits per heavy atom. The third-order valence-corrected chi connectivity index (χ3v) is 4.80. The number of carboxylic acids is 1. The van der Waals surface area contributed by atoms with Crippen LogP contribution in [0.15, 0.2) is 4.99 Å². The second-order valence-corrected chi connectivity index (χ2v) is 7.58. The molecule has 0 aromatic rings. The van der Waals surface area contributed by atoms with Gasteiger partial charge < -0.3 is 44.0 Å². The first-order chi connectivity index (χ1) is 15.0. The summed E-state index contributed by atoms with van der Waals surface area (Å²) >= 11 is 4.06. The molecular weight excluding hydrogens is 440 g/mol. The van der Waals surface area contributed by atoms with Gasteiger partial charge in [0, 0.05) is 12.3 Å². The van der Waals surface area contributed by atoms with E-state index in [2.05, 4.69) is 33.6 Å². The van der Waals surface area contributed by atoms with Crippen LogP contribution in [0.1, 0.15) is 39.0 Å². The summed E-state index contributed by atoms with van der Waals surface area (Å²) < 4.78 is 0. The predicted molar refractivity (Wildman–Crippen MR) is 124 cm³/mol. The number of aliphatic carboxylic acids is 1. The fourth-order valence-electron chi connectivity index (χ4n) is 2.55. The third-order valence-electron chi connectivity index (χ3n) is 4.43. The van der Waals surface area contributed by atoms with Gasteiger partial charge in [-0.15, -0.1) is 0 Å². The molecule has 0 rings (SSSR count). The Hall–Kier alpha value is -2.58. The molecule has 0 saturated heterocycles. The average molecular weight is 477 g/mol. The van der Waals surface area contributed by atoms with Crippen LogP contribution < -0.4 is 38.9 Å². The Morgan fingerprint density at radius 1 is 0.938 bits per heavy atom. The van der Waals surface area contributed by atoms with E-state index in [-0.39, 0.29) is 18.1 Å². The highest BCUT2D eigenvalue weighted by molar-refractivity contribution is 7.80. The number of carbonyl (C=O) groups is 4. The highest BCUT2D eigenvalue weighted by atomic mass is 32.1. The normalized spacial score (nSPS) is 14.4. The second kappa shape index (κ2) is 16.1. The number of rotatable bonds is 16. The van der Waals surface area contributed by atoms with Crippen LogP contribution in [0.4, 0.5) is 0 Å². The molecule has 0 aliphatic carbocycles. The van der Waals surface area contributed by atoms with Gasteiger partial charge in [-0.05, 0) is 45.6 Å². The number of guanidine groups is 1. The van der Waals surface area contributed by atoms with E-state index in [0.717, 1.165) is 0 Å². The predicted octanol–water partition coefficient (Wildman–Crippen LogP) is -3.01. The zero-order chi connectivity index (χ0) is 24.7. The van der Waals surface area contributed by atoms with Crippen molar-refractivity contribution >= 4 is 42.3 Å². The van der Waals surface area contributed by atoms with Crippen molar-refractivity contribution in [2.75, 3.05) is 18.8 Å².